The second-order valence-electron chi connectivity index (χ2n) is 4.90. The number of hydrogen-bond acceptors (Lipinski definition) is 9. The molecular weight excluding hydrogens is 317 g/mol. The summed E-state index contributed by atoms with van der Waals surface area (Å²) in [5.74, 6) is 0.0894. The molecule has 2 aromatic rings. The van der Waals surface area contributed by atoms with Crippen LogP contribution in [-0.4, -0.2) is 54.4 Å². The first-order chi connectivity index (χ1) is 10.9. The topological polar surface area (TPSA) is 155 Å². The van der Waals surface area contributed by atoms with Gasteiger partial charge in [-0.1, -0.05) is 0 Å². The number of hydrogen-bond donors (Lipinski definition) is 3. The molecule has 2 aliphatic rings. The van der Waals surface area contributed by atoms with Crippen molar-refractivity contribution in [2.24, 2.45) is 0 Å². The van der Waals surface area contributed by atoms with Crippen LogP contribution in [-0.2, 0) is 18.3 Å². The predicted octanol–water partition coefficient (Wildman–Crippen LogP) is -0.817. The zero-order valence-corrected chi connectivity index (χ0v) is 11.8. The highest BCUT2D eigenvalue weighted by atomic mass is 31.2. The van der Waals surface area contributed by atoms with Gasteiger partial charge in [0.1, 0.15) is 31.5 Å². The summed E-state index contributed by atoms with van der Waals surface area (Å²) in [6.45, 7) is -0.219. The summed E-state index contributed by atoms with van der Waals surface area (Å²) in [5.41, 5.74) is 6.10. The van der Waals surface area contributed by atoms with Gasteiger partial charge in [0, 0.05) is 0 Å². The lowest BCUT2D eigenvalue weighted by Gasteiger charge is -2.27. The Morgan fingerprint density at radius 1 is 1.50 bits per heavy atom. The molecule has 0 bridgehead atoms. The molecule has 2 fully saturated rings. The minimum Gasteiger partial charge on any atom is -0.386 e. The number of imidazole rings is 1. The van der Waals surface area contributed by atoms with E-state index in [2.05, 4.69) is 19.5 Å². The van der Waals surface area contributed by atoms with Gasteiger partial charge in [-0.25, -0.2) is 19.5 Å². The molecular formula is C10H12N5O6P. The Morgan fingerprint density at radius 2 is 2.32 bits per heavy atom. The molecule has 2 aromatic heterocycles. The Bertz CT molecular complexity index is 831. The summed E-state index contributed by atoms with van der Waals surface area (Å²) in [7, 11) is -4.22. The lowest BCUT2D eigenvalue weighted by atomic mass is 10.1. The van der Waals surface area contributed by atoms with Crippen LogP contribution in [0.5, 0.6) is 0 Å². The highest BCUT2D eigenvalue weighted by Gasteiger charge is 2.52. The molecule has 4 heterocycles. The van der Waals surface area contributed by atoms with Gasteiger partial charge in [0.15, 0.2) is 17.7 Å². The van der Waals surface area contributed by atoms with E-state index in [0.717, 1.165) is 0 Å². The number of nitrogen functional groups attached to an aromatic ring is 1. The van der Waals surface area contributed by atoms with Gasteiger partial charge in [0.2, 0.25) is 0 Å². The number of anilines is 1. The fourth-order valence-electron chi connectivity index (χ4n) is 2.54. The number of aliphatic hydroxyl groups is 1. The molecule has 2 saturated heterocycles. The molecule has 118 valence electrons. The summed E-state index contributed by atoms with van der Waals surface area (Å²) in [4.78, 5) is 21.1. The second-order valence-corrected chi connectivity index (χ2v) is 6.31. The maximum Gasteiger partial charge on any atom is 0.472 e. The fourth-order valence-corrected chi connectivity index (χ4v) is 3.51. The smallest absolute Gasteiger partial charge is 0.386 e. The van der Waals surface area contributed by atoms with Crippen molar-refractivity contribution in [2.45, 2.75) is 24.5 Å². The van der Waals surface area contributed by atoms with Crippen molar-refractivity contribution in [3.05, 3.63) is 12.6 Å². The minimum absolute atomic E-state index is 0.0894. The summed E-state index contributed by atoms with van der Waals surface area (Å²) >= 11 is 0. The van der Waals surface area contributed by atoms with Crippen LogP contribution in [0.25, 0.3) is 11.2 Å². The van der Waals surface area contributed by atoms with Crippen LogP contribution in [0.4, 0.5) is 5.82 Å². The third kappa shape index (κ3) is 2.02. The van der Waals surface area contributed by atoms with Crippen LogP contribution in [0.2, 0.25) is 0 Å². The van der Waals surface area contributed by atoms with Crippen molar-refractivity contribution in [1.29, 1.82) is 0 Å². The molecule has 0 saturated carbocycles. The van der Waals surface area contributed by atoms with Gasteiger partial charge in [-0.05, 0) is 0 Å². The van der Waals surface area contributed by atoms with Crippen LogP contribution in [0.1, 0.15) is 7.60 Å². The maximum atomic E-state index is 11.5. The van der Waals surface area contributed by atoms with E-state index >= 15 is 0 Å². The molecule has 0 aromatic carbocycles. The van der Waals surface area contributed by atoms with Crippen LogP contribution in [0.15, 0.2) is 12.6 Å². The first kappa shape index (κ1) is 12.9. The average Bonchev–Trinajstić information content (AvgIpc) is 2.97. The first-order valence-corrected chi connectivity index (χ1v) is 7.81. The Hall–Kier alpha value is -1.62. The van der Waals surface area contributed by atoms with Crippen molar-refractivity contribution < 1.29 is 29.7 Å². The van der Waals surface area contributed by atoms with Crippen molar-refractivity contribution in [1.82, 2.24) is 19.5 Å². The van der Waals surface area contributed by atoms with E-state index in [1.165, 1.54) is 10.9 Å². The highest BCUT2D eigenvalue weighted by molar-refractivity contribution is 7.47. The van der Waals surface area contributed by atoms with Gasteiger partial charge in [-0.15, -0.1) is 0 Å². The lowest BCUT2D eigenvalue weighted by Crippen LogP contribution is -2.39. The molecule has 12 heteroatoms. The standard InChI is InChI=1S/C10H12N5O6P/c11-8-5-9(13-2-12-8)15(3-14-5)10-6(16)7-4(20-10)1-19-22(17,18)21-7/h2-4,6-7,10,16H,1H2,(H,17,18)(H2,11,12,13)/t4-,6-,7-,10-/m1/s1/i3T. The van der Waals surface area contributed by atoms with Crippen molar-refractivity contribution in [3.8, 4) is 0 Å². The summed E-state index contributed by atoms with van der Waals surface area (Å²) in [5, 5.41) is 10.4. The van der Waals surface area contributed by atoms with E-state index in [4.69, 9.17) is 16.4 Å². The molecule has 2 aliphatic heterocycles. The molecule has 4 rings (SSSR count). The van der Waals surface area contributed by atoms with Gasteiger partial charge in [-0.2, -0.15) is 0 Å². The summed E-state index contributed by atoms with van der Waals surface area (Å²) < 4.78 is 35.8. The van der Waals surface area contributed by atoms with Crippen molar-refractivity contribution >= 4 is 24.8 Å². The molecule has 4 N–H and O–H groups in total. The lowest BCUT2D eigenvalue weighted by molar-refractivity contribution is -0.0664. The molecule has 22 heavy (non-hydrogen) atoms. The zero-order chi connectivity index (χ0) is 16.4. The number of nitrogens with zero attached hydrogens (tertiary/aromatic N) is 4. The van der Waals surface area contributed by atoms with E-state index in [9.17, 15) is 14.6 Å². The largest absolute Gasteiger partial charge is 0.472 e. The van der Waals surface area contributed by atoms with Gasteiger partial charge in [0.25, 0.3) is 0 Å². The van der Waals surface area contributed by atoms with E-state index in [-0.39, 0.29) is 29.9 Å². The number of rotatable bonds is 1. The molecule has 0 radical (unpaired) electrons. The van der Waals surface area contributed by atoms with Crippen LogP contribution >= 0.6 is 7.82 Å². The summed E-state index contributed by atoms with van der Waals surface area (Å²) in [6, 6.07) is 0. The van der Waals surface area contributed by atoms with Crippen molar-refractivity contribution in [2.75, 3.05) is 12.3 Å². The molecule has 0 aliphatic carbocycles. The third-order valence-corrected chi connectivity index (χ3v) is 4.53. The number of phosphoric ester groups is 1. The van der Waals surface area contributed by atoms with E-state index in [1.807, 2.05) is 0 Å². The Morgan fingerprint density at radius 3 is 3.14 bits per heavy atom. The van der Waals surface area contributed by atoms with E-state index < -0.39 is 32.4 Å². The van der Waals surface area contributed by atoms with E-state index in [1.54, 1.807) is 0 Å². The monoisotopic (exact) mass is 331 g/mol. The SMILES string of the molecule is [3H]c1nc2c(N)ncnc2n1[C@@H]1O[C@@H]2COP(=O)(O)O[C@H]2[C@H]1O. The number of nitrogens with two attached hydrogens (primary N) is 1. The number of aromatic nitrogens is 4. The fraction of sp³-hybridized carbons (Fsp3) is 0.500. The molecule has 1 unspecified atom stereocenters. The number of fused-ring (bicyclic) bond motifs is 2. The van der Waals surface area contributed by atoms with Crippen LogP contribution < -0.4 is 5.73 Å². The summed E-state index contributed by atoms with van der Waals surface area (Å²) in [6.07, 6.45) is -3.28. The maximum absolute atomic E-state index is 11.5. The number of ether oxygens (including phenoxy) is 1. The van der Waals surface area contributed by atoms with E-state index in [0.29, 0.717) is 0 Å². The van der Waals surface area contributed by atoms with Gasteiger partial charge in [-0.3, -0.25) is 13.6 Å². The zero-order valence-electron chi connectivity index (χ0n) is 11.9. The normalized spacial score (nSPS) is 38.9. The Balaban J connectivity index is 1.76. The van der Waals surface area contributed by atoms with Gasteiger partial charge in [0.05, 0.1) is 12.9 Å². The molecule has 0 spiro atoms. The molecule has 11 nitrogen and oxygen atoms in total. The minimum atomic E-state index is -4.22. The Kier molecular flexibility index (Phi) is 2.74. The number of phosphoric acid groups is 1. The van der Waals surface area contributed by atoms with Crippen LogP contribution in [0, 0.1) is 0 Å². The quantitative estimate of drug-likeness (QED) is 0.564. The second kappa shape index (κ2) is 4.69. The van der Waals surface area contributed by atoms with Gasteiger partial charge < -0.3 is 20.5 Å². The molecule has 0 amide bonds. The van der Waals surface area contributed by atoms with Crippen LogP contribution in [0.3, 0.4) is 0 Å². The Labute approximate surface area is 124 Å². The third-order valence-electron chi connectivity index (χ3n) is 3.55. The molecule has 5 atom stereocenters. The number of aliphatic hydroxyl groups excluding tert-OH is 1. The first-order valence-electron chi connectivity index (χ1n) is 6.81. The average molecular weight is 331 g/mol. The predicted molar refractivity (Wildman–Crippen MR) is 70.3 cm³/mol. The highest BCUT2D eigenvalue weighted by Crippen LogP contribution is 2.52. The van der Waals surface area contributed by atoms with Crippen molar-refractivity contribution in [3.63, 3.8) is 0 Å². The van der Waals surface area contributed by atoms with Gasteiger partial charge >= 0.3 is 7.82 Å².